The van der Waals surface area contributed by atoms with Crippen molar-refractivity contribution in [3.8, 4) is 34.5 Å². The topological polar surface area (TPSA) is 94.5 Å². The summed E-state index contributed by atoms with van der Waals surface area (Å²) in [5.41, 5.74) is 1.77. The fourth-order valence-electron chi connectivity index (χ4n) is 3.24. The zero-order chi connectivity index (χ0) is 19.7. The maximum atomic E-state index is 13.0. The van der Waals surface area contributed by atoms with E-state index in [4.69, 9.17) is 18.9 Å². The first-order valence-electron chi connectivity index (χ1n) is 8.14. The molecule has 2 aromatic carbocycles. The highest BCUT2D eigenvalue weighted by molar-refractivity contribution is 6.31. The SMILES string of the molecule is COc1ccc(C(=O)C2=CCc3c2cc(OC)c(OC)c3OC)c(O)c1O. The smallest absolute Gasteiger partial charge is 0.203 e. The lowest BCUT2D eigenvalue weighted by molar-refractivity contribution is 0.105. The second-order valence-corrected chi connectivity index (χ2v) is 5.84. The predicted molar refractivity (Wildman–Crippen MR) is 98.4 cm³/mol. The van der Waals surface area contributed by atoms with E-state index in [-0.39, 0.29) is 11.3 Å². The Bertz CT molecular complexity index is 944. The third-order valence-corrected chi connectivity index (χ3v) is 4.56. The number of methoxy groups -OCH3 is 4. The molecule has 2 aromatic rings. The summed E-state index contributed by atoms with van der Waals surface area (Å²) in [6.45, 7) is 0. The van der Waals surface area contributed by atoms with Gasteiger partial charge in [0.05, 0.1) is 34.0 Å². The molecule has 27 heavy (non-hydrogen) atoms. The Hall–Kier alpha value is -3.35. The van der Waals surface area contributed by atoms with Crippen LogP contribution in [0.25, 0.3) is 5.57 Å². The molecule has 0 saturated carbocycles. The largest absolute Gasteiger partial charge is 0.504 e. The highest BCUT2D eigenvalue weighted by Gasteiger charge is 2.30. The molecular formula is C20H20O7. The van der Waals surface area contributed by atoms with Gasteiger partial charge in [-0.25, -0.2) is 0 Å². The third kappa shape index (κ3) is 2.81. The number of ketones is 1. The van der Waals surface area contributed by atoms with Crippen molar-refractivity contribution in [3.05, 3.63) is 41.0 Å². The van der Waals surface area contributed by atoms with Gasteiger partial charge in [0.25, 0.3) is 0 Å². The second kappa shape index (κ2) is 7.11. The van der Waals surface area contributed by atoms with Crippen molar-refractivity contribution in [2.24, 2.45) is 0 Å². The van der Waals surface area contributed by atoms with Crippen molar-refractivity contribution >= 4 is 11.4 Å². The summed E-state index contributed by atoms with van der Waals surface area (Å²) in [6.07, 6.45) is 2.21. The minimum Gasteiger partial charge on any atom is -0.504 e. The molecule has 0 radical (unpaired) electrons. The molecule has 0 heterocycles. The first-order chi connectivity index (χ1) is 13.0. The van der Waals surface area contributed by atoms with Crippen LogP contribution in [-0.4, -0.2) is 44.4 Å². The monoisotopic (exact) mass is 372 g/mol. The van der Waals surface area contributed by atoms with E-state index in [0.717, 1.165) is 5.56 Å². The van der Waals surface area contributed by atoms with Crippen LogP contribution in [0, 0.1) is 0 Å². The molecule has 0 unspecified atom stereocenters. The van der Waals surface area contributed by atoms with Gasteiger partial charge in [0.2, 0.25) is 11.5 Å². The lowest BCUT2D eigenvalue weighted by Gasteiger charge is -2.17. The summed E-state index contributed by atoms with van der Waals surface area (Å²) < 4.78 is 21.2. The molecular weight excluding hydrogens is 352 g/mol. The van der Waals surface area contributed by atoms with Gasteiger partial charge in [-0.15, -0.1) is 0 Å². The molecule has 1 aliphatic rings. The van der Waals surface area contributed by atoms with Crippen LogP contribution >= 0.6 is 0 Å². The van der Waals surface area contributed by atoms with Gasteiger partial charge in [0, 0.05) is 11.1 Å². The number of Topliss-reactive ketones (excluding diaryl/α,β-unsaturated/α-hetero) is 1. The number of carbonyl (C=O) groups is 1. The van der Waals surface area contributed by atoms with Crippen molar-refractivity contribution in [3.63, 3.8) is 0 Å². The number of benzene rings is 2. The highest BCUT2D eigenvalue weighted by Crippen LogP contribution is 2.48. The van der Waals surface area contributed by atoms with Gasteiger partial charge in [-0.3, -0.25) is 4.79 Å². The lowest BCUT2D eigenvalue weighted by atomic mass is 9.96. The lowest BCUT2D eigenvalue weighted by Crippen LogP contribution is -2.05. The van der Waals surface area contributed by atoms with Crippen LogP contribution in [0.15, 0.2) is 24.3 Å². The average Bonchev–Trinajstić information content (AvgIpc) is 3.11. The van der Waals surface area contributed by atoms with Crippen LogP contribution in [0.2, 0.25) is 0 Å². The number of carbonyl (C=O) groups excluding carboxylic acids is 1. The van der Waals surface area contributed by atoms with Gasteiger partial charge in [-0.1, -0.05) is 6.08 Å². The molecule has 3 rings (SSSR count). The Morgan fingerprint density at radius 3 is 2.15 bits per heavy atom. The predicted octanol–water partition coefficient (Wildman–Crippen LogP) is 2.95. The van der Waals surface area contributed by atoms with E-state index in [1.165, 1.54) is 40.6 Å². The van der Waals surface area contributed by atoms with Crippen molar-refractivity contribution in [1.82, 2.24) is 0 Å². The molecule has 0 fully saturated rings. The van der Waals surface area contributed by atoms with Gasteiger partial charge in [-0.05, 0) is 30.2 Å². The standard InChI is InChI=1S/C20H20O7/c1-24-14-8-7-12(17(22)18(14)23)16(21)10-5-6-11-13(10)9-15(25-2)20(27-4)19(11)26-3/h5,7-9,22-23H,6H2,1-4H3. The summed E-state index contributed by atoms with van der Waals surface area (Å²) in [5, 5.41) is 20.2. The van der Waals surface area contributed by atoms with Crippen LogP contribution < -0.4 is 18.9 Å². The first kappa shape index (κ1) is 18.4. The van der Waals surface area contributed by atoms with E-state index < -0.39 is 17.3 Å². The minimum atomic E-state index is -0.527. The molecule has 1 aliphatic carbocycles. The molecule has 0 saturated heterocycles. The van der Waals surface area contributed by atoms with E-state index in [9.17, 15) is 15.0 Å². The zero-order valence-electron chi connectivity index (χ0n) is 15.5. The Morgan fingerprint density at radius 2 is 1.56 bits per heavy atom. The van der Waals surface area contributed by atoms with Crippen LogP contribution in [-0.2, 0) is 6.42 Å². The molecule has 142 valence electrons. The Kier molecular flexibility index (Phi) is 4.85. The number of hydrogen-bond donors (Lipinski definition) is 2. The number of fused-ring (bicyclic) bond motifs is 1. The van der Waals surface area contributed by atoms with Crippen LogP contribution in [0.1, 0.15) is 21.5 Å². The summed E-state index contributed by atoms with van der Waals surface area (Å²) in [4.78, 5) is 13.0. The fraction of sp³-hybridized carbons (Fsp3) is 0.250. The second-order valence-electron chi connectivity index (χ2n) is 5.84. The minimum absolute atomic E-state index is 0.0267. The van der Waals surface area contributed by atoms with Gasteiger partial charge in [0.1, 0.15) is 0 Å². The van der Waals surface area contributed by atoms with E-state index in [1.807, 2.05) is 0 Å². The van der Waals surface area contributed by atoms with E-state index >= 15 is 0 Å². The van der Waals surface area contributed by atoms with Crippen LogP contribution in [0.5, 0.6) is 34.5 Å². The molecule has 0 spiro atoms. The van der Waals surface area contributed by atoms with E-state index in [2.05, 4.69) is 0 Å². The molecule has 0 bridgehead atoms. The number of hydrogen-bond acceptors (Lipinski definition) is 7. The molecule has 7 nitrogen and oxygen atoms in total. The molecule has 0 amide bonds. The average molecular weight is 372 g/mol. The van der Waals surface area contributed by atoms with Crippen molar-refractivity contribution in [2.45, 2.75) is 6.42 Å². The van der Waals surface area contributed by atoms with Crippen molar-refractivity contribution < 1.29 is 34.0 Å². The summed E-state index contributed by atoms with van der Waals surface area (Å²) in [7, 11) is 5.89. The maximum Gasteiger partial charge on any atom is 0.203 e. The fourth-order valence-corrected chi connectivity index (χ4v) is 3.24. The maximum absolute atomic E-state index is 13.0. The van der Waals surface area contributed by atoms with Crippen LogP contribution in [0.4, 0.5) is 0 Å². The zero-order valence-corrected chi connectivity index (χ0v) is 15.5. The quantitative estimate of drug-likeness (QED) is 0.595. The van der Waals surface area contributed by atoms with Gasteiger partial charge in [0.15, 0.2) is 28.8 Å². The molecule has 0 aromatic heterocycles. The first-order valence-corrected chi connectivity index (χ1v) is 8.14. The summed E-state index contributed by atoms with van der Waals surface area (Å²) in [5.74, 6) is 0.0126. The number of ether oxygens (including phenoxy) is 4. The Morgan fingerprint density at radius 1 is 0.889 bits per heavy atom. The van der Waals surface area contributed by atoms with Gasteiger partial charge < -0.3 is 29.2 Å². The van der Waals surface area contributed by atoms with E-state index in [0.29, 0.717) is 34.8 Å². The summed E-state index contributed by atoms with van der Waals surface area (Å²) >= 11 is 0. The molecule has 7 heteroatoms. The van der Waals surface area contributed by atoms with Gasteiger partial charge >= 0.3 is 0 Å². The summed E-state index contributed by atoms with van der Waals surface area (Å²) in [6, 6.07) is 4.54. The number of aromatic hydroxyl groups is 2. The van der Waals surface area contributed by atoms with E-state index in [1.54, 1.807) is 12.1 Å². The third-order valence-electron chi connectivity index (χ3n) is 4.56. The highest BCUT2D eigenvalue weighted by atomic mass is 16.5. The number of rotatable bonds is 6. The molecule has 0 atom stereocenters. The number of phenolic OH excluding ortho intramolecular Hbond substituents is 2. The molecule has 2 N–H and O–H groups in total. The molecule has 0 aliphatic heterocycles. The normalized spacial score (nSPS) is 12.2. The Balaban J connectivity index is 2.11. The van der Waals surface area contributed by atoms with Crippen LogP contribution in [0.3, 0.4) is 0 Å². The Labute approximate surface area is 156 Å². The van der Waals surface area contributed by atoms with Crippen molar-refractivity contribution in [1.29, 1.82) is 0 Å². The van der Waals surface area contributed by atoms with Gasteiger partial charge in [-0.2, -0.15) is 0 Å². The number of phenols is 2. The van der Waals surface area contributed by atoms with Crippen molar-refractivity contribution in [2.75, 3.05) is 28.4 Å². The number of allylic oxidation sites excluding steroid dienone is 2.